The zero-order valence-corrected chi connectivity index (χ0v) is 17.4. The van der Waals surface area contributed by atoms with Gasteiger partial charge in [-0.05, 0) is 51.4 Å². The first-order chi connectivity index (χ1) is 12.5. The van der Waals surface area contributed by atoms with Gasteiger partial charge >= 0.3 is 5.97 Å². The first-order valence-corrected chi connectivity index (χ1v) is 10.3. The molecule has 26 heavy (non-hydrogen) atoms. The van der Waals surface area contributed by atoms with Gasteiger partial charge in [0, 0.05) is 32.7 Å². The fourth-order valence-electron chi connectivity index (χ4n) is 2.88. The lowest BCUT2D eigenvalue weighted by atomic mass is 9.94. The lowest BCUT2D eigenvalue weighted by Crippen LogP contribution is -2.38. The Kier molecular flexibility index (Phi) is 16.3. The molecule has 0 amide bonds. The number of esters is 1. The molecule has 0 aromatic heterocycles. The van der Waals surface area contributed by atoms with Gasteiger partial charge in [0.25, 0.3) is 0 Å². The maximum Gasteiger partial charge on any atom is 0.305 e. The molecule has 0 heterocycles. The molecule has 0 aromatic carbocycles. The Hall–Kier alpha value is -1.30. The van der Waals surface area contributed by atoms with Crippen LogP contribution in [0.5, 0.6) is 0 Å². The second-order valence-electron chi connectivity index (χ2n) is 7.12. The van der Waals surface area contributed by atoms with Crippen molar-refractivity contribution in [1.29, 1.82) is 0 Å². The van der Waals surface area contributed by atoms with Crippen LogP contribution in [0.4, 0.5) is 0 Å². The number of ether oxygens (including phenoxy) is 1. The summed E-state index contributed by atoms with van der Waals surface area (Å²) in [6.07, 6.45) is 6.50. The summed E-state index contributed by atoms with van der Waals surface area (Å²) in [4.78, 5) is 15.9. The van der Waals surface area contributed by atoms with Crippen LogP contribution in [0, 0.1) is 11.8 Å². The van der Waals surface area contributed by atoms with E-state index in [0.29, 0.717) is 24.9 Å². The van der Waals surface area contributed by atoms with E-state index in [9.17, 15) is 9.90 Å². The van der Waals surface area contributed by atoms with Gasteiger partial charge in [0.2, 0.25) is 0 Å². The third-order valence-electron chi connectivity index (χ3n) is 4.10. The minimum atomic E-state index is -0.0916. The lowest BCUT2D eigenvalue weighted by molar-refractivity contribution is -0.143. The molecule has 0 rings (SSSR count). The van der Waals surface area contributed by atoms with Crippen molar-refractivity contribution < 1.29 is 14.6 Å². The summed E-state index contributed by atoms with van der Waals surface area (Å²) < 4.78 is 4.92. The zero-order chi connectivity index (χ0) is 19.6. The summed E-state index contributed by atoms with van der Waals surface area (Å²) in [6, 6.07) is 0. The Labute approximate surface area is 160 Å². The number of carbonyl (C=O) groups is 1. The second kappa shape index (κ2) is 17.1. The summed E-state index contributed by atoms with van der Waals surface area (Å²) in [6.45, 7) is 11.5. The molecule has 6 heteroatoms. The number of hydrogen-bond donors (Lipinski definition) is 3. The molecule has 0 radical (unpaired) electrons. The molecule has 0 saturated carbocycles. The smallest absolute Gasteiger partial charge is 0.305 e. The van der Waals surface area contributed by atoms with Crippen molar-refractivity contribution in [2.75, 3.05) is 32.8 Å². The van der Waals surface area contributed by atoms with Crippen LogP contribution in [0.2, 0.25) is 0 Å². The van der Waals surface area contributed by atoms with Crippen molar-refractivity contribution in [3.8, 4) is 0 Å². The lowest BCUT2D eigenvalue weighted by Gasteiger charge is -2.17. The molecule has 0 aliphatic heterocycles. The van der Waals surface area contributed by atoms with E-state index in [1.54, 1.807) is 0 Å². The average molecular weight is 372 g/mol. The number of aliphatic imine (C=N–C) groups is 1. The van der Waals surface area contributed by atoms with Crippen LogP contribution in [-0.4, -0.2) is 49.9 Å². The number of nitrogens with one attached hydrogen (secondary N) is 2. The van der Waals surface area contributed by atoms with Crippen LogP contribution in [0.1, 0.15) is 72.6 Å². The first kappa shape index (κ1) is 24.7. The van der Waals surface area contributed by atoms with E-state index in [4.69, 9.17) is 4.74 Å². The number of guanidine groups is 1. The van der Waals surface area contributed by atoms with E-state index in [2.05, 4.69) is 36.4 Å². The number of rotatable bonds is 15. The molecule has 0 saturated heterocycles. The molecule has 0 aliphatic carbocycles. The Morgan fingerprint density at radius 3 is 2.46 bits per heavy atom. The molecule has 3 N–H and O–H groups in total. The number of aliphatic hydroxyl groups excluding tert-OH is 1. The fraction of sp³-hybridized carbons (Fsp3) is 0.900. The van der Waals surface area contributed by atoms with Gasteiger partial charge in [0.1, 0.15) is 0 Å². The van der Waals surface area contributed by atoms with Crippen LogP contribution in [0.15, 0.2) is 4.99 Å². The maximum atomic E-state index is 11.3. The Morgan fingerprint density at radius 1 is 1.12 bits per heavy atom. The minimum Gasteiger partial charge on any atom is -0.466 e. The summed E-state index contributed by atoms with van der Waals surface area (Å²) in [7, 11) is 0. The average Bonchev–Trinajstić information content (AvgIpc) is 2.58. The largest absolute Gasteiger partial charge is 0.466 e. The number of aliphatic hydroxyl groups is 1. The van der Waals surface area contributed by atoms with E-state index in [-0.39, 0.29) is 12.6 Å². The highest BCUT2D eigenvalue weighted by Gasteiger charge is 2.10. The monoisotopic (exact) mass is 371 g/mol. The molecular weight excluding hydrogens is 330 g/mol. The standard InChI is InChI=1S/C20H41N3O3/c1-5-21-20(23-16-18(12-14-24)15-17(3)4)22-13-10-8-7-9-11-19(25)26-6-2/h17-18,24H,5-16H2,1-4H3,(H2,21,22,23). The molecule has 0 aromatic rings. The van der Waals surface area contributed by atoms with Gasteiger partial charge in [0.15, 0.2) is 5.96 Å². The number of nitrogens with zero attached hydrogens (tertiary/aromatic N) is 1. The van der Waals surface area contributed by atoms with Crippen molar-refractivity contribution in [2.24, 2.45) is 16.8 Å². The molecule has 0 bridgehead atoms. The Bertz CT molecular complexity index is 373. The van der Waals surface area contributed by atoms with Gasteiger partial charge in [-0.2, -0.15) is 0 Å². The van der Waals surface area contributed by atoms with E-state index in [1.807, 2.05) is 6.92 Å². The van der Waals surface area contributed by atoms with Crippen molar-refractivity contribution in [3.05, 3.63) is 0 Å². The molecular formula is C20H41N3O3. The van der Waals surface area contributed by atoms with Crippen molar-refractivity contribution in [1.82, 2.24) is 10.6 Å². The number of carbonyl (C=O) groups excluding carboxylic acids is 1. The number of unbranched alkanes of at least 4 members (excludes halogenated alkanes) is 3. The molecule has 154 valence electrons. The van der Waals surface area contributed by atoms with Gasteiger partial charge < -0.3 is 20.5 Å². The van der Waals surface area contributed by atoms with Crippen molar-refractivity contribution in [3.63, 3.8) is 0 Å². The summed E-state index contributed by atoms with van der Waals surface area (Å²) in [5, 5.41) is 15.9. The molecule has 1 unspecified atom stereocenters. The number of hydrogen-bond acceptors (Lipinski definition) is 4. The quantitative estimate of drug-likeness (QED) is 0.178. The normalized spacial score (nSPS) is 12.9. The van der Waals surface area contributed by atoms with Crippen molar-refractivity contribution >= 4 is 11.9 Å². The molecule has 1 atom stereocenters. The van der Waals surface area contributed by atoms with Gasteiger partial charge in [-0.1, -0.05) is 26.7 Å². The third-order valence-corrected chi connectivity index (χ3v) is 4.10. The van der Waals surface area contributed by atoms with E-state index < -0.39 is 0 Å². The molecule has 0 fully saturated rings. The topological polar surface area (TPSA) is 83.0 Å². The van der Waals surface area contributed by atoms with Crippen LogP contribution in [-0.2, 0) is 9.53 Å². The highest BCUT2D eigenvalue weighted by molar-refractivity contribution is 5.79. The molecule has 0 aliphatic rings. The van der Waals surface area contributed by atoms with Crippen LogP contribution in [0.3, 0.4) is 0 Å². The summed E-state index contributed by atoms with van der Waals surface area (Å²) in [5.74, 6) is 1.81. The summed E-state index contributed by atoms with van der Waals surface area (Å²) in [5.41, 5.74) is 0. The second-order valence-corrected chi connectivity index (χ2v) is 7.12. The van der Waals surface area contributed by atoms with Gasteiger partial charge in [-0.3, -0.25) is 9.79 Å². The summed E-state index contributed by atoms with van der Waals surface area (Å²) >= 11 is 0. The maximum absolute atomic E-state index is 11.3. The van der Waals surface area contributed by atoms with Crippen LogP contribution in [0.25, 0.3) is 0 Å². The Balaban J connectivity index is 4.04. The highest BCUT2D eigenvalue weighted by Crippen LogP contribution is 2.15. The predicted octanol–water partition coefficient (Wildman–Crippen LogP) is 3.10. The fourth-order valence-corrected chi connectivity index (χ4v) is 2.88. The third kappa shape index (κ3) is 15.0. The highest BCUT2D eigenvalue weighted by atomic mass is 16.5. The van der Waals surface area contributed by atoms with E-state index >= 15 is 0 Å². The zero-order valence-electron chi connectivity index (χ0n) is 17.4. The van der Waals surface area contributed by atoms with E-state index in [1.165, 1.54) is 0 Å². The predicted molar refractivity (Wildman–Crippen MR) is 108 cm³/mol. The van der Waals surface area contributed by atoms with Crippen LogP contribution < -0.4 is 10.6 Å². The van der Waals surface area contributed by atoms with Crippen LogP contribution >= 0.6 is 0 Å². The SMILES string of the molecule is CCNC(=NCC(CCO)CC(C)C)NCCCCCCC(=O)OCC. The van der Waals surface area contributed by atoms with Gasteiger partial charge in [-0.25, -0.2) is 0 Å². The van der Waals surface area contributed by atoms with Gasteiger partial charge in [0.05, 0.1) is 6.61 Å². The molecule has 6 nitrogen and oxygen atoms in total. The first-order valence-electron chi connectivity index (χ1n) is 10.3. The van der Waals surface area contributed by atoms with Crippen molar-refractivity contribution in [2.45, 2.75) is 72.6 Å². The minimum absolute atomic E-state index is 0.0916. The van der Waals surface area contributed by atoms with Gasteiger partial charge in [-0.15, -0.1) is 0 Å². The Morgan fingerprint density at radius 2 is 1.85 bits per heavy atom. The molecule has 0 spiro atoms. The van der Waals surface area contributed by atoms with E-state index in [0.717, 1.165) is 64.1 Å².